The van der Waals surface area contributed by atoms with Crippen molar-refractivity contribution in [3.63, 3.8) is 0 Å². The van der Waals surface area contributed by atoms with E-state index in [0.29, 0.717) is 12.6 Å². The largest absolute Gasteiger partial charge is 0.493 e. The summed E-state index contributed by atoms with van der Waals surface area (Å²) >= 11 is 3.52. The topological polar surface area (TPSA) is 34.1 Å². The van der Waals surface area contributed by atoms with Crippen LogP contribution in [0.2, 0.25) is 0 Å². The third-order valence-electron chi connectivity index (χ3n) is 3.09. The highest BCUT2D eigenvalue weighted by Crippen LogP contribution is 2.23. The van der Waals surface area contributed by atoms with Crippen molar-refractivity contribution in [2.45, 2.75) is 32.9 Å². The third kappa shape index (κ3) is 5.48. The number of aromatic nitrogens is 1. The number of benzene rings is 1. The van der Waals surface area contributed by atoms with E-state index in [9.17, 15) is 0 Å². The molecule has 0 saturated heterocycles. The van der Waals surface area contributed by atoms with Gasteiger partial charge in [-0.15, -0.1) is 0 Å². The van der Waals surface area contributed by atoms with Gasteiger partial charge in [-0.1, -0.05) is 35.8 Å². The lowest BCUT2D eigenvalue weighted by Gasteiger charge is -2.14. The molecule has 1 aromatic heterocycles. The second-order valence-electron chi connectivity index (χ2n) is 5.25. The number of hydrogen-bond acceptors (Lipinski definition) is 3. The molecule has 1 aromatic carbocycles. The predicted octanol–water partition coefficient (Wildman–Crippen LogP) is 3.96. The van der Waals surface area contributed by atoms with Crippen molar-refractivity contribution < 1.29 is 4.74 Å². The summed E-state index contributed by atoms with van der Waals surface area (Å²) in [5.74, 6) is 0.940. The standard InChI is InChI=1S/C17H21BrN2O/c1-13(2)20-12-15-10-16(18)5-6-17(15)21-9-7-14-4-3-8-19-11-14/h3-6,8,10-11,13,20H,7,9,12H2,1-2H3. The van der Waals surface area contributed by atoms with Crippen LogP contribution in [0.1, 0.15) is 25.0 Å². The molecule has 1 heterocycles. The smallest absolute Gasteiger partial charge is 0.123 e. The average molecular weight is 349 g/mol. The maximum Gasteiger partial charge on any atom is 0.123 e. The lowest BCUT2D eigenvalue weighted by Crippen LogP contribution is -2.22. The molecule has 0 spiro atoms. The summed E-state index contributed by atoms with van der Waals surface area (Å²) in [6, 6.07) is 10.6. The van der Waals surface area contributed by atoms with E-state index in [1.165, 1.54) is 11.1 Å². The van der Waals surface area contributed by atoms with Gasteiger partial charge in [0.25, 0.3) is 0 Å². The van der Waals surface area contributed by atoms with Crippen LogP contribution in [0.5, 0.6) is 5.75 Å². The molecule has 2 aromatic rings. The molecular weight excluding hydrogens is 328 g/mol. The molecular formula is C17H21BrN2O. The fourth-order valence-corrected chi connectivity index (χ4v) is 2.37. The summed E-state index contributed by atoms with van der Waals surface area (Å²) in [7, 11) is 0. The Balaban J connectivity index is 1.95. The minimum atomic E-state index is 0.451. The molecule has 0 radical (unpaired) electrons. The first kappa shape index (κ1) is 16.0. The fraction of sp³-hybridized carbons (Fsp3) is 0.353. The van der Waals surface area contributed by atoms with Gasteiger partial charge in [0.2, 0.25) is 0 Å². The van der Waals surface area contributed by atoms with Gasteiger partial charge in [-0.05, 0) is 29.8 Å². The van der Waals surface area contributed by atoms with Crippen LogP contribution in [-0.4, -0.2) is 17.6 Å². The third-order valence-corrected chi connectivity index (χ3v) is 3.59. The Morgan fingerprint density at radius 3 is 2.86 bits per heavy atom. The molecule has 0 atom stereocenters. The van der Waals surface area contributed by atoms with Crippen LogP contribution in [-0.2, 0) is 13.0 Å². The number of ether oxygens (including phenoxy) is 1. The first-order chi connectivity index (χ1) is 10.1. The van der Waals surface area contributed by atoms with Crippen LogP contribution in [0.25, 0.3) is 0 Å². The van der Waals surface area contributed by atoms with E-state index in [0.717, 1.165) is 23.2 Å². The van der Waals surface area contributed by atoms with E-state index in [-0.39, 0.29) is 0 Å². The predicted molar refractivity (Wildman–Crippen MR) is 89.6 cm³/mol. The van der Waals surface area contributed by atoms with Crippen LogP contribution >= 0.6 is 15.9 Å². The molecule has 0 amide bonds. The summed E-state index contributed by atoms with van der Waals surface area (Å²) in [5.41, 5.74) is 2.36. The van der Waals surface area contributed by atoms with Gasteiger partial charge in [0.15, 0.2) is 0 Å². The number of pyridine rings is 1. The van der Waals surface area contributed by atoms with Crippen LogP contribution in [0.4, 0.5) is 0 Å². The molecule has 4 heteroatoms. The quantitative estimate of drug-likeness (QED) is 0.822. The Bertz CT molecular complexity index is 558. The monoisotopic (exact) mass is 348 g/mol. The van der Waals surface area contributed by atoms with Crippen molar-refractivity contribution in [2.24, 2.45) is 0 Å². The van der Waals surface area contributed by atoms with Crippen molar-refractivity contribution in [1.29, 1.82) is 0 Å². The molecule has 0 aliphatic heterocycles. The van der Waals surface area contributed by atoms with Crippen molar-refractivity contribution in [3.05, 3.63) is 58.3 Å². The molecule has 0 saturated carbocycles. The zero-order chi connectivity index (χ0) is 15.1. The maximum absolute atomic E-state index is 5.94. The summed E-state index contributed by atoms with van der Waals surface area (Å²) in [6.45, 7) is 5.74. The fourth-order valence-electron chi connectivity index (χ4n) is 1.97. The highest BCUT2D eigenvalue weighted by Gasteiger charge is 2.06. The highest BCUT2D eigenvalue weighted by atomic mass is 79.9. The summed E-state index contributed by atoms with van der Waals surface area (Å²) in [4.78, 5) is 4.12. The number of nitrogens with one attached hydrogen (secondary N) is 1. The second-order valence-corrected chi connectivity index (χ2v) is 6.16. The van der Waals surface area contributed by atoms with E-state index >= 15 is 0 Å². The molecule has 1 N–H and O–H groups in total. The highest BCUT2D eigenvalue weighted by molar-refractivity contribution is 9.10. The zero-order valence-corrected chi connectivity index (χ0v) is 14.1. The lowest BCUT2D eigenvalue weighted by atomic mass is 10.2. The number of halogens is 1. The lowest BCUT2D eigenvalue weighted by molar-refractivity contribution is 0.317. The molecule has 0 aliphatic rings. The van der Waals surface area contributed by atoms with Crippen molar-refractivity contribution in [2.75, 3.05) is 6.61 Å². The Labute approximate surface area is 134 Å². The zero-order valence-electron chi connectivity index (χ0n) is 12.5. The van der Waals surface area contributed by atoms with Crippen molar-refractivity contribution in [1.82, 2.24) is 10.3 Å². The van der Waals surface area contributed by atoms with Gasteiger partial charge in [0.05, 0.1) is 6.61 Å². The Morgan fingerprint density at radius 2 is 2.14 bits per heavy atom. The Hall–Kier alpha value is -1.39. The number of hydrogen-bond donors (Lipinski definition) is 1. The minimum absolute atomic E-state index is 0.451. The molecule has 0 unspecified atom stereocenters. The van der Waals surface area contributed by atoms with Gasteiger partial charge in [-0.25, -0.2) is 0 Å². The Morgan fingerprint density at radius 1 is 1.29 bits per heavy atom. The Kier molecular flexibility index (Phi) is 6.21. The van der Waals surface area contributed by atoms with Gasteiger partial charge in [-0.2, -0.15) is 0 Å². The van der Waals surface area contributed by atoms with E-state index < -0.39 is 0 Å². The molecule has 0 bridgehead atoms. The molecule has 2 rings (SSSR count). The van der Waals surface area contributed by atoms with E-state index in [1.54, 1.807) is 6.20 Å². The van der Waals surface area contributed by atoms with Gasteiger partial charge >= 0.3 is 0 Å². The minimum Gasteiger partial charge on any atom is -0.493 e. The normalized spacial score (nSPS) is 10.9. The van der Waals surface area contributed by atoms with Crippen molar-refractivity contribution in [3.8, 4) is 5.75 Å². The van der Waals surface area contributed by atoms with E-state index in [2.05, 4.69) is 52.2 Å². The number of rotatable bonds is 7. The van der Waals surface area contributed by atoms with Gasteiger partial charge in [0, 0.05) is 41.4 Å². The maximum atomic E-state index is 5.94. The summed E-state index contributed by atoms with van der Waals surface area (Å²) in [5, 5.41) is 3.43. The SMILES string of the molecule is CC(C)NCc1cc(Br)ccc1OCCc1cccnc1. The first-order valence-electron chi connectivity index (χ1n) is 7.18. The van der Waals surface area contributed by atoms with Gasteiger partial charge in [-0.3, -0.25) is 4.98 Å². The molecule has 0 fully saturated rings. The van der Waals surface area contributed by atoms with Crippen molar-refractivity contribution >= 4 is 15.9 Å². The molecule has 0 aliphatic carbocycles. The van der Waals surface area contributed by atoms with Crippen LogP contribution in [0.3, 0.4) is 0 Å². The second kappa shape index (κ2) is 8.15. The van der Waals surface area contributed by atoms with Gasteiger partial charge in [0.1, 0.15) is 5.75 Å². The summed E-state index contributed by atoms with van der Waals surface area (Å²) in [6.07, 6.45) is 4.53. The first-order valence-corrected chi connectivity index (χ1v) is 7.98. The van der Waals surface area contributed by atoms with Gasteiger partial charge < -0.3 is 10.1 Å². The van der Waals surface area contributed by atoms with E-state index in [4.69, 9.17) is 4.74 Å². The van der Waals surface area contributed by atoms with Crippen LogP contribution < -0.4 is 10.1 Å². The molecule has 21 heavy (non-hydrogen) atoms. The summed E-state index contributed by atoms with van der Waals surface area (Å²) < 4.78 is 7.01. The molecule has 3 nitrogen and oxygen atoms in total. The average Bonchev–Trinajstić information content (AvgIpc) is 2.48. The van der Waals surface area contributed by atoms with Crippen LogP contribution in [0.15, 0.2) is 47.2 Å². The van der Waals surface area contributed by atoms with E-state index in [1.807, 2.05) is 24.4 Å². The van der Waals surface area contributed by atoms with Crippen LogP contribution in [0, 0.1) is 0 Å². The number of nitrogens with zero attached hydrogens (tertiary/aromatic N) is 1. The molecule has 112 valence electrons.